The highest BCUT2D eigenvalue weighted by Crippen LogP contribution is 2.15. The van der Waals surface area contributed by atoms with E-state index in [-0.39, 0.29) is 6.61 Å². The molecule has 0 atom stereocenters. The fourth-order valence-corrected chi connectivity index (χ4v) is 2.12. The van der Waals surface area contributed by atoms with Crippen LogP contribution >= 0.6 is 0 Å². The molecule has 106 valence electrons. The minimum atomic E-state index is 0.272. The first kappa shape index (κ1) is 14.6. The normalized spacial score (nSPS) is 10.4. The van der Waals surface area contributed by atoms with Crippen LogP contribution in [0, 0.1) is 0 Å². The number of benzene rings is 2. The van der Waals surface area contributed by atoms with Crippen molar-refractivity contribution >= 4 is 0 Å². The molecule has 2 rings (SSSR count). The van der Waals surface area contributed by atoms with E-state index in [1.807, 2.05) is 18.2 Å². The van der Waals surface area contributed by atoms with Crippen LogP contribution in [-0.4, -0.2) is 18.3 Å². The van der Waals surface area contributed by atoms with Gasteiger partial charge in [-0.2, -0.15) is 0 Å². The molecule has 0 bridgehead atoms. The number of unbranched alkanes of at least 4 members (excludes halogenated alkanes) is 2. The number of aliphatic hydroxyl groups excluding tert-OH is 1. The lowest BCUT2D eigenvalue weighted by Crippen LogP contribution is -1.98. The zero-order valence-corrected chi connectivity index (χ0v) is 11.8. The maximum Gasteiger partial charge on any atom is 0.119 e. The molecule has 2 aromatic rings. The summed E-state index contributed by atoms with van der Waals surface area (Å²) in [6.07, 6.45) is 3.83. The monoisotopic (exact) mass is 270 g/mol. The van der Waals surface area contributed by atoms with E-state index < -0.39 is 0 Å². The predicted octanol–water partition coefficient (Wildman–Crippen LogP) is 3.82. The third kappa shape index (κ3) is 5.06. The molecule has 0 aliphatic heterocycles. The highest BCUT2D eigenvalue weighted by atomic mass is 16.5. The van der Waals surface area contributed by atoms with E-state index >= 15 is 0 Å². The molecule has 0 aliphatic rings. The standard InChI is InChI=1S/C18H22O2/c19-13-5-2-6-14-20-18-11-9-17(10-12-18)15-16-7-3-1-4-8-16/h1,3-4,7-12,19H,2,5-6,13-15H2. The van der Waals surface area contributed by atoms with Gasteiger partial charge in [0.25, 0.3) is 0 Å². The van der Waals surface area contributed by atoms with Gasteiger partial charge in [0.05, 0.1) is 6.61 Å². The molecule has 2 aromatic carbocycles. The quantitative estimate of drug-likeness (QED) is 0.739. The average molecular weight is 270 g/mol. The molecule has 2 heteroatoms. The molecule has 1 N–H and O–H groups in total. The van der Waals surface area contributed by atoms with Gasteiger partial charge in [0.15, 0.2) is 0 Å². The van der Waals surface area contributed by atoms with Crippen LogP contribution in [0.3, 0.4) is 0 Å². The first-order valence-corrected chi connectivity index (χ1v) is 7.25. The van der Waals surface area contributed by atoms with Gasteiger partial charge in [0, 0.05) is 6.61 Å². The first-order valence-electron chi connectivity index (χ1n) is 7.25. The third-order valence-corrected chi connectivity index (χ3v) is 3.25. The Morgan fingerprint density at radius 3 is 2.15 bits per heavy atom. The van der Waals surface area contributed by atoms with Gasteiger partial charge in [-0.25, -0.2) is 0 Å². The molecule has 0 saturated carbocycles. The van der Waals surface area contributed by atoms with Crippen LogP contribution in [0.5, 0.6) is 5.75 Å². The summed E-state index contributed by atoms with van der Waals surface area (Å²) in [5.41, 5.74) is 2.62. The van der Waals surface area contributed by atoms with Crippen LogP contribution in [0.25, 0.3) is 0 Å². The highest BCUT2D eigenvalue weighted by molar-refractivity contribution is 5.31. The van der Waals surface area contributed by atoms with Gasteiger partial charge in [-0.05, 0) is 48.9 Å². The van der Waals surface area contributed by atoms with Crippen molar-refractivity contribution in [1.82, 2.24) is 0 Å². The molecule has 0 radical (unpaired) electrons. The predicted molar refractivity (Wildman–Crippen MR) is 82.1 cm³/mol. The summed E-state index contributed by atoms with van der Waals surface area (Å²) in [7, 11) is 0. The van der Waals surface area contributed by atoms with Crippen LogP contribution < -0.4 is 4.74 Å². The van der Waals surface area contributed by atoms with Crippen molar-refractivity contribution < 1.29 is 9.84 Å². The van der Waals surface area contributed by atoms with E-state index in [9.17, 15) is 0 Å². The van der Waals surface area contributed by atoms with Crippen LogP contribution in [0.4, 0.5) is 0 Å². The van der Waals surface area contributed by atoms with Gasteiger partial charge in [0.2, 0.25) is 0 Å². The Bertz CT molecular complexity index is 477. The Labute approximate surface area is 121 Å². The summed E-state index contributed by atoms with van der Waals surface area (Å²) >= 11 is 0. The van der Waals surface area contributed by atoms with E-state index in [1.54, 1.807) is 0 Å². The van der Waals surface area contributed by atoms with Crippen LogP contribution in [0.2, 0.25) is 0 Å². The highest BCUT2D eigenvalue weighted by Gasteiger charge is 1.98. The Morgan fingerprint density at radius 1 is 0.750 bits per heavy atom. The van der Waals surface area contributed by atoms with Crippen LogP contribution in [0.1, 0.15) is 30.4 Å². The molecule has 0 saturated heterocycles. The molecule has 2 nitrogen and oxygen atoms in total. The lowest BCUT2D eigenvalue weighted by Gasteiger charge is -2.07. The summed E-state index contributed by atoms with van der Waals surface area (Å²) in [5, 5.41) is 8.69. The van der Waals surface area contributed by atoms with Crippen molar-refractivity contribution in [3.05, 3.63) is 65.7 Å². The minimum absolute atomic E-state index is 0.272. The minimum Gasteiger partial charge on any atom is -0.494 e. The summed E-state index contributed by atoms with van der Waals surface area (Å²) in [5.74, 6) is 0.922. The van der Waals surface area contributed by atoms with Crippen molar-refractivity contribution in [3.63, 3.8) is 0 Å². The van der Waals surface area contributed by atoms with Crippen LogP contribution in [-0.2, 0) is 6.42 Å². The summed E-state index contributed by atoms with van der Waals surface area (Å²) in [4.78, 5) is 0. The van der Waals surface area contributed by atoms with Crippen molar-refractivity contribution in [2.75, 3.05) is 13.2 Å². The van der Waals surface area contributed by atoms with E-state index in [2.05, 4.69) is 36.4 Å². The first-order chi connectivity index (χ1) is 9.88. The second kappa shape index (κ2) is 8.39. The van der Waals surface area contributed by atoms with Crippen molar-refractivity contribution in [1.29, 1.82) is 0 Å². The second-order valence-electron chi connectivity index (χ2n) is 4.94. The molecule has 0 heterocycles. The average Bonchev–Trinajstić information content (AvgIpc) is 2.50. The number of ether oxygens (including phenoxy) is 1. The smallest absolute Gasteiger partial charge is 0.119 e. The van der Waals surface area contributed by atoms with E-state index in [1.165, 1.54) is 11.1 Å². The molecule has 0 aromatic heterocycles. The zero-order chi connectivity index (χ0) is 14.0. The molecular weight excluding hydrogens is 248 g/mol. The second-order valence-corrected chi connectivity index (χ2v) is 4.94. The lowest BCUT2D eigenvalue weighted by molar-refractivity contribution is 0.266. The zero-order valence-electron chi connectivity index (χ0n) is 11.8. The number of hydrogen-bond acceptors (Lipinski definition) is 2. The van der Waals surface area contributed by atoms with E-state index in [0.717, 1.165) is 38.0 Å². The fourth-order valence-electron chi connectivity index (χ4n) is 2.12. The largest absolute Gasteiger partial charge is 0.494 e. The molecule has 0 fully saturated rings. The van der Waals surface area contributed by atoms with Crippen LogP contribution in [0.15, 0.2) is 54.6 Å². The maximum absolute atomic E-state index is 8.69. The molecule has 20 heavy (non-hydrogen) atoms. The number of aliphatic hydroxyl groups is 1. The van der Waals surface area contributed by atoms with Crippen molar-refractivity contribution in [3.8, 4) is 5.75 Å². The number of hydrogen-bond donors (Lipinski definition) is 1. The lowest BCUT2D eigenvalue weighted by atomic mass is 10.1. The van der Waals surface area contributed by atoms with Gasteiger partial charge in [-0.1, -0.05) is 42.5 Å². The maximum atomic E-state index is 8.69. The van der Waals surface area contributed by atoms with Crippen molar-refractivity contribution in [2.24, 2.45) is 0 Å². The summed E-state index contributed by atoms with van der Waals surface area (Å²) in [6, 6.07) is 18.8. The SMILES string of the molecule is OCCCCCOc1ccc(Cc2ccccc2)cc1. The number of rotatable bonds is 8. The van der Waals surface area contributed by atoms with Gasteiger partial charge in [0.1, 0.15) is 5.75 Å². The van der Waals surface area contributed by atoms with Gasteiger partial charge in [-0.3, -0.25) is 0 Å². The Morgan fingerprint density at radius 2 is 1.45 bits per heavy atom. The van der Waals surface area contributed by atoms with Gasteiger partial charge < -0.3 is 9.84 Å². The Kier molecular flexibility index (Phi) is 6.12. The molecular formula is C18H22O2. The summed E-state index contributed by atoms with van der Waals surface area (Å²) in [6.45, 7) is 0.992. The molecule has 0 spiro atoms. The molecule has 0 aliphatic carbocycles. The molecule has 0 unspecified atom stereocenters. The molecule has 0 amide bonds. The van der Waals surface area contributed by atoms with Gasteiger partial charge >= 0.3 is 0 Å². The van der Waals surface area contributed by atoms with E-state index in [4.69, 9.17) is 9.84 Å². The Hall–Kier alpha value is -1.80. The third-order valence-electron chi connectivity index (χ3n) is 3.25. The fraction of sp³-hybridized carbons (Fsp3) is 0.333. The van der Waals surface area contributed by atoms with E-state index in [0.29, 0.717) is 0 Å². The van der Waals surface area contributed by atoms with Crippen molar-refractivity contribution in [2.45, 2.75) is 25.7 Å². The summed E-state index contributed by atoms with van der Waals surface area (Å²) < 4.78 is 5.68. The Balaban J connectivity index is 1.78. The van der Waals surface area contributed by atoms with Gasteiger partial charge in [-0.15, -0.1) is 0 Å². The topological polar surface area (TPSA) is 29.5 Å².